The normalized spacial score (nSPS) is 25.9. The molecule has 0 aromatic heterocycles. The summed E-state index contributed by atoms with van der Waals surface area (Å²) in [4.78, 5) is 13.8. The Morgan fingerprint density at radius 1 is 1.31 bits per heavy atom. The van der Waals surface area contributed by atoms with Gasteiger partial charge in [0.2, 0.25) is 0 Å². The van der Waals surface area contributed by atoms with Gasteiger partial charge in [-0.25, -0.2) is 4.79 Å². The first-order chi connectivity index (χ1) is 7.28. The fourth-order valence-electron chi connectivity index (χ4n) is 2.03. The van der Waals surface area contributed by atoms with Crippen molar-refractivity contribution in [1.29, 1.82) is 0 Å². The molecule has 0 saturated heterocycles. The highest BCUT2D eigenvalue weighted by atomic mass is 16.6. The Bertz CT molecular complexity index is 246. The van der Waals surface area contributed by atoms with E-state index in [2.05, 4.69) is 24.3 Å². The molecule has 1 rings (SSSR count). The van der Waals surface area contributed by atoms with Crippen LogP contribution in [0.3, 0.4) is 0 Å². The number of hydrogen-bond donors (Lipinski definition) is 1. The van der Waals surface area contributed by atoms with Crippen LogP contribution >= 0.6 is 0 Å². The molecule has 1 N–H and O–H groups in total. The van der Waals surface area contributed by atoms with Gasteiger partial charge >= 0.3 is 6.09 Å². The lowest BCUT2D eigenvalue weighted by molar-refractivity contribution is 0.0504. The highest BCUT2D eigenvalue weighted by Gasteiger charge is 2.28. The summed E-state index contributed by atoms with van der Waals surface area (Å²) >= 11 is 0. The van der Waals surface area contributed by atoms with Crippen molar-refractivity contribution in [2.24, 2.45) is 0 Å². The fourth-order valence-corrected chi connectivity index (χ4v) is 2.03. The molecule has 94 valence electrons. The summed E-state index contributed by atoms with van der Waals surface area (Å²) < 4.78 is 5.23. The van der Waals surface area contributed by atoms with E-state index in [1.54, 1.807) is 0 Å². The van der Waals surface area contributed by atoms with E-state index in [4.69, 9.17) is 4.74 Å². The van der Waals surface area contributed by atoms with Crippen LogP contribution in [-0.2, 0) is 4.74 Å². The summed E-state index contributed by atoms with van der Waals surface area (Å²) in [5.74, 6) is 0. The molecule has 1 fully saturated rings. The lowest BCUT2D eigenvalue weighted by Gasteiger charge is -2.22. The van der Waals surface area contributed by atoms with Gasteiger partial charge in [0.1, 0.15) is 5.60 Å². The first-order valence-corrected chi connectivity index (χ1v) is 5.94. The number of ether oxygens (including phenoxy) is 1. The van der Waals surface area contributed by atoms with Crippen LogP contribution in [0.15, 0.2) is 0 Å². The van der Waals surface area contributed by atoms with Crippen molar-refractivity contribution in [3.8, 4) is 0 Å². The van der Waals surface area contributed by atoms with Gasteiger partial charge in [0, 0.05) is 12.1 Å². The third-order valence-corrected chi connectivity index (χ3v) is 2.86. The van der Waals surface area contributed by atoms with Gasteiger partial charge in [-0.3, -0.25) is 0 Å². The van der Waals surface area contributed by atoms with Crippen molar-refractivity contribution in [3.63, 3.8) is 0 Å². The van der Waals surface area contributed by atoms with Gasteiger partial charge in [-0.1, -0.05) is 0 Å². The number of hydrogen-bond acceptors (Lipinski definition) is 3. The lowest BCUT2D eigenvalue weighted by Crippen LogP contribution is -2.38. The third kappa shape index (κ3) is 4.39. The maximum Gasteiger partial charge on any atom is 0.407 e. The van der Waals surface area contributed by atoms with Crippen LogP contribution in [0.1, 0.15) is 40.0 Å². The molecule has 0 radical (unpaired) electrons. The standard InChI is InChI=1S/C12H24N2O2/c1-12(2,3)16-11(15)13-9-6-7-10(8-9)14(4)5/h9-10H,6-8H2,1-5H3,(H,13,15). The second-order valence-corrected chi connectivity index (χ2v) is 5.77. The lowest BCUT2D eigenvalue weighted by atomic mass is 10.2. The summed E-state index contributed by atoms with van der Waals surface area (Å²) in [6.45, 7) is 5.64. The summed E-state index contributed by atoms with van der Waals surface area (Å²) in [5.41, 5.74) is -0.413. The quantitative estimate of drug-likeness (QED) is 0.786. The second-order valence-electron chi connectivity index (χ2n) is 5.77. The zero-order chi connectivity index (χ0) is 12.3. The second kappa shape index (κ2) is 5.04. The molecule has 0 spiro atoms. The smallest absolute Gasteiger partial charge is 0.407 e. The number of nitrogens with zero attached hydrogens (tertiary/aromatic N) is 1. The molecule has 2 atom stereocenters. The predicted octanol–water partition coefficient (Wildman–Crippen LogP) is 1.99. The average Bonchev–Trinajstić information content (AvgIpc) is 2.48. The Balaban J connectivity index is 2.32. The molecule has 1 amide bonds. The highest BCUT2D eigenvalue weighted by Crippen LogP contribution is 2.22. The number of alkyl carbamates (subject to hydrolysis) is 1. The van der Waals surface area contributed by atoms with Gasteiger partial charge in [-0.05, 0) is 54.1 Å². The average molecular weight is 228 g/mol. The molecular weight excluding hydrogens is 204 g/mol. The SMILES string of the molecule is CN(C)C1CCC(NC(=O)OC(C)(C)C)C1. The van der Waals surface area contributed by atoms with Gasteiger partial charge < -0.3 is 15.0 Å². The minimum absolute atomic E-state index is 0.266. The summed E-state index contributed by atoms with van der Waals surface area (Å²) in [7, 11) is 4.17. The molecule has 0 aromatic carbocycles. The zero-order valence-electron chi connectivity index (χ0n) is 11.0. The summed E-state index contributed by atoms with van der Waals surface area (Å²) in [6, 6.07) is 0.849. The Hall–Kier alpha value is -0.770. The van der Waals surface area contributed by atoms with Crippen LogP contribution < -0.4 is 5.32 Å². The molecule has 0 heterocycles. The van der Waals surface area contributed by atoms with Gasteiger partial charge in [-0.15, -0.1) is 0 Å². The van der Waals surface area contributed by atoms with E-state index >= 15 is 0 Å². The van der Waals surface area contributed by atoms with E-state index in [9.17, 15) is 4.79 Å². The number of carbonyl (C=O) groups is 1. The van der Waals surface area contributed by atoms with Crippen LogP contribution in [0, 0.1) is 0 Å². The Morgan fingerprint density at radius 2 is 1.94 bits per heavy atom. The van der Waals surface area contributed by atoms with Crippen molar-refractivity contribution in [2.75, 3.05) is 14.1 Å². The molecule has 0 bridgehead atoms. The van der Waals surface area contributed by atoms with Crippen LogP contribution in [-0.4, -0.2) is 42.8 Å². The summed E-state index contributed by atoms with van der Waals surface area (Å²) in [5, 5.41) is 2.93. The Kier molecular flexibility index (Phi) is 4.19. The van der Waals surface area contributed by atoms with E-state index in [1.807, 2.05) is 20.8 Å². The van der Waals surface area contributed by atoms with E-state index in [-0.39, 0.29) is 12.1 Å². The third-order valence-electron chi connectivity index (χ3n) is 2.86. The fraction of sp³-hybridized carbons (Fsp3) is 0.917. The first kappa shape index (κ1) is 13.3. The number of carbonyl (C=O) groups excluding carboxylic acids is 1. The van der Waals surface area contributed by atoms with Crippen LogP contribution in [0.2, 0.25) is 0 Å². The van der Waals surface area contributed by atoms with Crippen LogP contribution in [0.4, 0.5) is 4.79 Å². The van der Waals surface area contributed by atoms with Crippen molar-refractivity contribution < 1.29 is 9.53 Å². The Labute approximate surface area is 98.3 Å². The molecule has 0 aromatic rings. The maximum absolute atomic E-state index is 11.5. The van der Waals surface area contributed by atoms with E-state index in [0.29, 0.717) is 6.04 Å². The molecule has 1 aliphatic carbocycles. The van der Waals surface area contributed by atoms with Gasteiger partial charge in [0.15, 0.2) is 0 Å². The number of nitrogens with one attached hydrogen (secondary N) is 1. The summed E-state index contributed by atoms with van der Waals surface area (Å²) in [6.07, 6.45) is 2.92. The van der Waals surface area contributed by atoms with Crippen molar-refractivity contribution >= 4 is 6.09 Å². The topological polar surface area (TPSA) is 41.6 Å². The van der Waals surface area contributed by atoms with E-state index in [0.717, 1.165) is 19.3 Å². The molecule has 0 aliphatic heterocycles. The van der Waals surface area contributed by atoms with Crippen LogP contribution in [0.5, 0.6) is 0 Å². The van der Waals surface area contributed by atoms with Gasteiger partial charge in [0.25, 0.3) is 0 Å². The van der Waals surface area contributed by atoms with E-state index < -0.39 is 5.60 Å². The first-order valence-electron chi connectivity index (χ1n) is 5.94. The van der Waals surface area contributed by atoms with Gasteiger partial charge in [-0.2, -0.15) is 0 Å². The number of rotatable bonds is 2. The largest absolute Gasteiger partial charge is 0.444 e. The molecule has 4 heteroatoms. The highest BCUT2D eigenvalue weighted by molar-refractivity contribution is 5.68. The molecular formula is C12H24N2O2. The van der Waals surface area contributed by atoms with Crippen molar-refractivity contribution in [1.82, 2.24) is 10.2 Å². The van der Waals surface area contributed by atoms with Crippen molar-refractivity contribution in [2.45, 2.75) is 57.7 Å². The van der Waals surface area contributed by atoms with Crippen molar-refractivity contribution in [3.05, 3.63) is 0 Å². The van der Waals surface area contributed by atoms with E-state index in [1.165, 1.54) is 0 Å². The minimum atomic E-state index is -0.413. The molecule has 1 saturated carbocycles. The maximum atomic E-state index is 11.5. The number of amides is 1. The van der Waals surface area contributed by atoms with Crippen LogP contribution in [0.25, 0.3) is 0 Å². The molecule has 2 unspecified atom stereocenters. The minimum Gasteiger partial charge on any atom is -0.444 e. The monoisotopic (exact) mass is 228 g/mol. The predicted molar refractivity (Wildman–Crippen MR) is 64.5 cm³/mol. The zero-order valence-corrected chi connectivity index (χ0v) is 11.0. The molecule has 16 heavy (non-hydrogen) atoms. The molecule has 1 aliphatic rings. The molecule has 4 nitrogen and oxygen atoms in total. The van der Waals surface area contributed by atoms with Gasteiger partial charge in [0.05, 0.1) is 0 Å². The Morgan fingerprint density at radius 3 is 2.38 bits per heavy atom.